The van der Waals surface area contributed by atoms with Crippen LogP contribution in [0.5, 0.6) is 5.75 Å². The molecule has 1 aliphatic rings. The number of hydrogen-bond acceptors (Lipinski definition) is 4. The van der Waals surface area contributed by atoms with Crippen LogP contribution in [0.25, 0.3) is 0 Å². The molecule has 1 N–H and O–H groups in total. The van der Waals surface area contributed by atoms with Gasteiger partial charge in [-0.3, -0.25) is 4.90 Å². The van der Waals surface area contributed by atoms with Gasteiger partial charge in [-0.25, -0.2) is 4.79 Å². The van der Waals surface area contributed by atoms with Crippen molar-refractivity contribution in [2.75, 3.05) is 13.7 Å². The summed E-state index contributed by atoms with van der Waals surface area (Å²) < 4.78 is 5.10. The second-order valence-electron chi connectivity index (χ2n) is 4.66. The molecule has 5 nitrogen and oxygen atoms in total. The molecule has 0 saturated carbocycles. The number of thioether (sulfide) groups is 1. The average Bonchev–Trinajstić information content (AvgIpc) is 2.89. The summed E-state index contributed by atoms with van der Waals surface area (Å²) in [4.78, 5) is 23.1. The SMILES string of the molecule is COc1ccc(CS[C@@H]2C[C@@H](C=O)N(C(=O)O)C2)cc1. The fraction of sp³-hybridized carbons (Fsp3) is 0.429. The van der Waals surface area contributed by atoms with Gasteiger partial charge in [-0.05, 0) is 24.1 Å². The smallest absolute Gasteiger partial charge is 0.407 e. The molecule has 1 aromatic carbocycles. The molecule has 0 unspecified atom stereocenters. The number of carbonyl (C=O) groups excluding carboxylic acids is 1. The molecule has 0 bridgehead atoms. The minimum absolute atomic E-state index is 0.170. The molecule has 20 heavy (non-hydrogen) atoms. The van der Waals surface area contributed by atoms with Crippen molar-refractivity contribution in [1.29, 1.82) is 0 Å². The van der Waals surface area contributed by atoms with Crippen molar-refractivity contribution < 1.29 is 19.4 Å². The van der Waals surface area contributed by atoms with Crippen LogP contribution in [0.2, 0.25) is 0 Å². The van der Waals surface area contributed by atoms with Crippen LogP contribution in [0.3, 0.4) is 0 Å². The van der Waals surface area contributed by atoms with E-state index in [2.05, 4.69) is 0 Å². The van der Waals surface area contributed by atoms with E-state index >= 15 is 0 Å². The molecule has 0 aromatic heterocycles. The van der Waals surface area contributed by atoms with Crippen molar-refractivity contribution in [1.82, 2.24) is 4.90 Å². The summed E-state index contributed by atoms with van der Waals surface area (Å²) in [5.41, 5.74) is 1.16. The quantitative estimate of drug-likeness (QED) is 0.844. The highest BCUT2D eigenvalue weighted by Crippen LogP contribution is 2.29. The molecule has 1 saturated heterocycles. The molecule has 108 valence electrons. The maximum Gasteiger partial charge on any atom is 0.407 e. The van der Waals surface area contributed by atoms with Gasteiger partial charge in [0, 0.05) is 17.5 Å². The Morgan fingerprint density at radius 2 is 2.20 bits per heavy atom. The molecule has 1 heterocycles. The van der Waals surface area contributed by atoms with Crippen LogP contribution >= 0.6 is 11.8 Å². The van der Waals surface area contributed by atoms with Crippen LogP contribution in [0, 0.1) is 0 Å². The van der Waals surface area contributed by atoms with Gasteiger partial charge in [0.25, 0.3) is 0 Å². The molecular weight excluding hydrogens is 278 g/mol. The Morgan fingerprint density at radius 3 is 2.70 bits per heavy atom. The van der Waals surface area contributed by atoms with E-state index in [-0.39, 0.29) is 5.25 Å². The zero-order valence-corrected chi connectivity index (χ0v) is 12.0. The first-order valence-corrected chi connectivity index (χ1v) is 7.38. The number of ether oxygens (including phenoxy) is 1. The van der Waals surface area contributed by atoms with Gasteiger partial charge < -0.3 is 14.6 Å². The first-order valence-electron chi connectivity index (χ1n) is 6.33. The largest absolute Gasteiger partial charge is 0.497 e. The van der Waals surface area contributed by atoms with Crippen LogP contribution in [0.15, 0.2) is 24.3 Å². The Kier molecular flexibility index (Phi) is 4.89. The lowest BCUT2D eigenvalue weighted by Gasteiger charge is -2.15. The highest BCUT2D eigenvalue weighted by atomic mass is 32.2. The number of nitrogens with zero attached hydrogens (tertiary/aromatic N) is 1. The van der Waals surface area contributed by atoms with E-state index in [0.717, 1.165) is 23.4 Å². The van der Waals surface area contributed by atoms with Crippen molar-refractivity contribution in [2.24, 2.45) is 0 Å². The second kappa shape index (κ2) is 6.65. The Hall–Kier alpha value is -1.69. The standard InChI is InChI=1S/C14H17NO4S/c1-19-12-4-2-10(3-5-12)9-20-13-6-11(8-16)15(7-13)14(17)18/h2-5,8,11,13H,6-7,9H2,1H3,(H,17,18)/t11-,13+/m0/s1. The Labute approximate surface area is 121 Å². The summed E-state index contributed by atoms with van der Waals surface area (Å²) in [7, 11) is 1.63. The van der Waals surface area contributed by atoms with Gasteiger partial charge in [0.1, 0.15) is 12.0 Å². The molecule has 1 amide bonds. The van der Waals surface area contributed by atoms with Crippen LogP contribution < -0.4 is 4.74 Å². The van der Waals surface area contributed by atoms with E-state index < -0.39 is 12.1 Å². The topological polar surface area (TPSA) is 66.8 Å². The van der Waals surface area contributed by atoms with Gasteiger partial charge in [-0.1, -0.05) is 12.1 Å². The van der Waals surface area contributed by atoms with Gasteiger partial charge in [0.15, 0.2) is 0 Å². The number of hydrogen-bond donors (Lipinski definition) is 1. The van der Waals surface area contributed by atoms with E-state index in [1.807, 2.05) is 24.3 Å². The zero-order chi connectivity index (χ0) is 14.5. The van der Waals surface area contributed by atoms with E-state index in [1.54, 1.807) is 18.9 Å². The van der Waals surface area contributed by atoms with Crippen molar-refractivity contribution in [3.05, 3.63) is 29.8 Å². The summed E-state index contributed by atoms with van der Waals surface area (Å²) >= 11 is 1.69. The lowest BCUT2D eigenvalue weighted by Crippen LogP contribution is -2.35. The highest BCUT2D eigenvalue weighted by molar-refractivity contribution is 7.99. The predicted octanol–water partition coefficient (Wildman–Crippen LogP) is 2.25. The number of carbonyl (C=O) groups is 2. The minimum atomic E-state index is -1.02. The first-order chi connectivity index (χ1) is 9.63. The maximum atomic E-state index is 11.0. The summed E-state index contributed by atoms with van der Waals surface area (Å²) in [6, 6.07) is 7.30. The summed E-state index contributed by atoms with van der Waals surface area (Å²) in [6.07, 6.45) is 0.299. The molecule has 1 aliphatic heterocycles. The molecular formula is C14H17NO4S. The van der Waals surface area contributed by atoms with E-state index in [1.165, 1.54) is 4.90 Å². The Balaban J connectivity index is 1.88. The fourth-order valence-electron chi connectivity index (χ4n) is 2.23. The van der Waals surface area contributed by atoms with Crippen molar-refractivity contribution in [3.8, 4) is 5.75 Å². The number of carboxylic acid groups (broad SMARTS) is 1. The van der Waals surface area contributed by atoms with E-state index in [0.29, 0.717) is 13.0 Å². The molecule has 1 fully saturated rings. The molecule has 2 atom stereocenters. The minimum Gasteiger partial charge on any atom is -0.497 e. The predicted molar refractivity (Wildman–Crippen MR) is 77.3 cm³/mol. The fourth-order valence-corrected chi connectivity index (χ4v) is 3.45. The van der Waals surface area contributed by atoms with Gasteiger partial charge in [-0.2, -0.15) is 11.8 Å². The molecule has 2 rings (SSSR count). The van der Waals surface area contributed by atoms with Gasteiger partial charge in [-0.15, -0.1) is 0 Å². The van der Waals surface area contributed by atoms with E-state index in [4.69, 9.17) is 9.84 Å². The van der Waals surface area contributed by atoms with Gasteiger partial charge in [0.05, 0.1) is 13.2 Å². The van der Waals surface area contributed by atoms with Gasteiger partial charge in [0.2, 0.25) is 0 Å². The summed E-state index contributed by atoms with van der Waals surface area (Å²) in [6.45, 7) is 0.416. The maximum absolute atomic E-state index is 11.0. The number of aldehydes is 1. The van der Waals surface area contributed by atoms with Crippen LogP contribution in [0.1, 0.15) is 12.0 Å². The zero-order valence-electron chi connectivity index (χ0n) is 11.2. The molecule has 1 aromatic rings. The molecule has 0 spiro atoms. The van der Waals surface area contributed by atoms with Crippen LogP contribution in [-0.4, -0.2) is 47.3 Å². The average molecular weight is 295 g/mol. The summed E-state index contributed by atoms with van der Waals surface area (Å²) in [5.74, 6) is 1.62. The Morgan fingerprint density at radius 1 is 1.50 bits per heavy atom. The van der Waals surface area contributed by atoms with Crippen LogP contribution in [-0.2, 0) is 10.5 Å². The third-order valence-corrected chi connectivity index (χ3v) is 4.67. The normalized spacial score (nSPS) is 21.8. The molecule has 6 heteroatoms. The number of likely N-dealkylation sites (tertiary alicyclic amines) is 1. The van der Waals surface area contributed by atoms with E-state index in [9.17, 15) is 9.59 Å². The van der Waals surface area contributed by atoms with Crippen molar-refractivity contribution >= 4 is 24.1 Å². The van der Waals surface area contributed by atoms with Crippen molar-refractivity contribution in [2.45, 2.75) is 23.5 Å². The second-order valence-corrected chi connectivity index (χ2v) is 5.94. The highest BCUT2D eigenvalue weighted by Gasteiger charge is 2.35. The van der Waals surface area contributed by atoms with Crippen LogP contribution in [0.4, 0.5) is 4.79 Å². The molecule has 0 radical (unpaired) electrons. The number of benzene rings is 1. The third-order valence-electron chi connectivity index (χ3n) is 3.35. The monoisotopic (exact) mass is 295 g/mol. The molecule has 0 aliphatic carbocycles. The number of methoxy groups -OCH3 is 1. The summed E-state index contributed by atoms with van der Waals surface area (Å²) in [5, 5.41) is 9.19. The lowest BCUT2D eigenvalue weighted by atomic mass is 10.2. The third kappa shape index (κ3) is 3.45. The van der Waals surface area contributed by atoms with Crippen molar-refractivity contribution in [3.63, 3.8) is 0 Å². The number of amides is 1. The lowest BCUT2D eigenvalue weighted by molar-refractivity contribution is -0.111. The first kappa shape index (κ1) is 14.7. The number of rotatable bonds is 5. The Bertz CT molecular complexity index is 477. The van der Waals surface area contributed by atoms with Gasteiger partial charge >= 0.3 is 6.09 Å².